The molecule has 5 nitrogen and oxygen atoms in total. The molecule has 0 saturated carbocycles. The number of carbonyl (C=O) groups is 1. The Kier molecular flexibility index (Phi) is 2.86. The Morgan fingerprint density at radius 3 is 2.89 bits per heavy atom. The zero-order valence-electron chi connectivity index (χ0n) is 11.2. The highest BCUT2D eigenvalue weighted by molar-refractivity contribution is 5.94. The summed E-state index contributed by atoms with van der Waals surface area (Å²) in [6, 6.07) is 5.64. The summed E-state index contributed by atoms with van der Waals surface area (Å²) in [5.41, 5.74) is 0.719. The van der Waals surface area contributed by atoms with E-state index in [9.17, 15) is 4.79 Å². The molecule has 1 saturated heterocycles. The SMILES string of the molecule is CC1(C)CC(=O)N(c2ccc3c(c2)OCO3)CCN1. The van der Waals surface area contributed by atoms with Crippen molar-refractivity contribution >= 4 is 11.6 Å². The summed E-state index contributed by atoms with van der Waals surface area (Å²) < 4.78 is 10.6. The number of amides is 1. The molecule has 0 bridgehead atoms. The first-order chi connectivity index (χ1) is 9.05. The summed E-state index contributed by atoms with van der Waals surface area (Å²) in [4.78, 5) is 14.2. The van der Waals surface area contributed by atoms with Gasteiger partial charge in [-0.2, -0.15) is 0 Å². The van der Waals surface area contributed by atoms with Crippen molar-refractivity contribution in [1.82, 2.24) is 5.32 Å². The maximum Gasteiger partial charge on any atom is 0.231 e. The summed E-state index contributed by atoms with van der Waals surface area (Å²) in [6.45, 7) is 5.80. The van der Waals surface area contributed by atoms with Gasteiger partial charge in [-0.3, -0.25) is 4.79 Å². The highest BCUT2D eigenvalue weighted by atomic mass is 16.7. The van der Waals surface area contributed by atoms with Crippen molar-refractivity contribution in [3.8, 4) is 11.5 Å². The third-order valence-corrected chi connectivity index (χ3v) is 3.50. The van der Waals surface area contributed by atoms with E-state index in [1.165, 1.54) is 0 Å². The van der Waals surface area contributed by atoms with Crippen LogP contribution in [0.1, 0.15) is 20.3 Å². The number of carbonyl (C=O) groups excluding carboxylic acids is 1. The van der Waals surface area contributed by atoms with E-state index in [0.717, 1.165) is 18.0 Å². The molecular weight excluding hydrogens is 244 g/mol. The molecule has 0 atom stereocenters. The molecule has 19 heavy (non-hydrogen) atoms. The van der Waals surface area contributed by atoms with Gasteiger partial charge in [0, 0.05) is 36.8 Å². The lowest BCUT2D eigenvalue weighted by Gasteiger charge is -2.23. The molecule has 102 valence electrons. The van der Waals surface area contributed by atoms with Crippen molar-refractivity contribution in [2.75, 3.05) is 24.8 Å². The Balaban J connectivity index is 1.87. The van der Waals surface area contributed by atoms with Crippen molar-refractivity contribution in [2.45, 2.75) is 25.8 Å². The van der Waals surface area contributed by atoms with Crippen molar-refractivity contribution in [2.24, 2.45) is 0 Å². The molecule has 0 unspecified atom stereocenters. The molecule has 1 amide bonds. The van der Waals surface area contributed by atoms with Crippen LogP contribution in [0.25, 0.3) is 0 Å². The molecule has 3 rings (SSSR count). The normalized spacial score (nSPS) is 21.4. The van der Waals surface area contributed by atoms with E-state index in [4.69, 9.17) is 9.47 Å². The van der Waals surface area contributed by atoms with E-state index < -0.39 is 0 Å². The minimum atomic E-state index is -0.151. The first-order valence-corrected chi connectivity index (χ1v) is 6.50. The predicted octanol–water partition coefficient (Wildman–Crippen LogP) is 1.52. The average molecular weight is 262 g/mol. The van der Waals surface area contributed by atoms with Gasteiger partial charge in [0.25, 0.3) is 0 Å². The first kappa shape index (κ1) is 12.3. The molecular formula is C14H18N2O3. The smallest absolute Gasteiger partial charge is 0.231 e. The minimum Gasteiger partial charge on any atom is -0.454 e. The standard InChI is InChI=1S/C14H18N2O3/c1-14(2)8-13(17)16(6-5-15-14)10-3-4-11-12(7-10)19-9-18-11/h3-4,7,15H,5-6,8-9H2,1-2H3. The number of rotatable bonds is 1. The van der Waals surface area contributed by atoms with Crippen molar-refractivity contribution in [1.29, 1.82) is 0 Å². The second kappa shape index (κ2) is 4.42. The number of benzene rings is 1. The highest BCUT2D eigenvalue weighted by Crippen LogP contribution is 2.36. The van der Waals surface area contributed by atoms with Crippen LogP contribution in [0.15, 0.2) is 18.2 Å². The Morgan fingerprint density at radius 2 is 2.05 bits per heavy atom. The monoisotopic (exact) mass is 262 g/mol. The number of hydrogen-bond acceptors (Lipinski definition) is 4. The molecule has 1 fully saturated rings. The quantitative estimate of drug-likeness (QED) is 0.833. The predicted molar refractivity (Wildman–Crippen MR) is 71.6 cm³/mol. The molecule has 1 aromatic rings. The van der Waals surface area contributed by atoms with Gasteiger partial charge in [0.1, 0.15) is 0 Å². The fourth-order valence-corrected chi connectivity index (χ4v) is 2.49. The van der Waals surface area contributed by atoms with Crippen LogP contribution in [0.5, 0.6) is 11.5 Å². The van der Waals surface area contributed by atoms with Crippen LogP contribution in [0.3, 0.4) is 0 Å². The number of fused-ring (bicyclic) bond motifs is 1. The topological polar surface area (TPSA) is 50.8 Å². The van der Waals surface area contributed by atoms with Gasteiger partial charge in [0.05, 0.1) is 0 Å². The molecule has 0 aromatic heterocycles. The third kappa shape index (κ3) is 2.38. The van der Waals surface area contributed by atoms with Gasteiger partial charge in [-0.05, 0) is 26.0 Å². The summed E-state index contributed by atoms with van der Waals surface area (Å²) in [6.07, 6.45) is 0.488. The minimum absolute atomic E-state index is 0.133. The zero-order chi connectivity index (χ0) is 13.5. The van der Waals surface area contributed by atoms with Crippen molar-refractivity contribution < 1.29 is 14.3 Å². The van der Waals surface area contributed by atoms with Crippen LogP contribution in [0, 0.1) is 0 Å². The summed E-state index contributed by atoms with van der Waals surface area (Å²) >= 11 is 0. The molecule has 1 N–H and O–H groups in total. The number of ether oxygens (including phenoxy) is 2. The highest BCUT2D eigenvalue weighted by Gasteiger charge is 2.29. The van der Waals surface area contributed by atoms with Gasteiger partial charge in [0.2, 0.25) is 12.7 Å². The van der Waals surface area contributed by atoms with Crippen LogP contribution >= 0.6 is 0 Å². The van der Waals surface area contributed by atoms with E-state index in [-0.39, 0.29) is 18.2 Å². The lowest BCUT2D eigenvalue weighted by Crippen LogP contribution is -2.39. The van der Waals surface area contributed by atoms with Crippen molar-refractivity contribution in [3.05, 3.63) is 18.2 Å². The molecule has 0 spiro atoms. The van der Waals surface area contributed by atoms with Gasteiger partial charge in [-0.1, -0.05) is 0 Å². The lowest BCUT2D eigenvalue weighted by molar-refractivity contribution is -0.119. The molecule has 2 aliphatic heterocycles. The number of anilines is 1. The largest absolute Gasteiger partial charge is 0.454 e. The third-order valence-electron chi connectivity index (χ3n) is 3.50. The number of nitrogens with one attached hydrogen (secondary N) is 1. The van der Waals surface area contributed by atoms with Crippen LogP contribution in [-0.4, -0.2) is 31.3 Å². The fraction of sp³-hybridized carbons (Fsp3) is 0.500. The second-order valence-electron chi connectivity index (χ2n) is 5.57. The molecule has 2 aliphatic rings. The van der Waals surface area contributed by atoms with E-state index in [1.54, 1.807) is 0 Å². The molecule has 1 aromatic carbocycles. The average Bonchev–Trinajstić information content (AvgIpc) is 2.75. The van der Waals surface area contributed by atoms with E-state index in [1.807, 2.05) is 36.9 Å². The van der Waals surface area contributed by atoms with E-state index in [0.29, 0.717) is 18.7 Å². The van der Waals surface area contributed by atoms with Gasteiger partial charge >= 0.3 is 0 Å². The fourth-order valence-electron chi connectivity index (χ4n) is 2.49. The summed E-state index contributed by atoms with van der Waals surface area (Å²) in [5, 5.41) is 3.38. The number of hydrogen-bond donors (Lipinski definition) is 1. The Bertz CT molecular complexity index is 513. The lowest BCUT2D eigenvalue weighted by atomic mass is 10.0. The molecule has 0 radical (unpaired) electrons. The Labute approximate surface area is 112 Å². The summed E-state index contributed by atoms with van der Waals surface area (Å²) in [7, 11) is 0. The maximum absolute atomic E-state index is 12.3. The maximum atomic E-state index is 12.3. The second-order valence-corrected chi connectivity index (χ2v) is 5.57. The Morgan fingerprint density at radius 1 is 1.26 bits per heavy atom. The van der Waals surface area contributed by atoms with Gasteiger partial charge in [-0.15, -0.1) is 0 Å². The first-order valence-electron chi connectivity index (χ1n) is 6.50. The molecule has 0 aliphatic carbocycles. The summed E-state index contributed by atoms with van der Waals surface area (Å²) in [5.74, 6) is 1.58. The van der Waals surface area contributed by atoms with Crippen LogP contribution < -0.4 is 19.7 Å². The van der Waals surface area contributed by atoms with E-state index >= 15 is 0 Å². The van der Waals surface area contributed by atoms with Gasteiger partial charge < -0.3 is 19.7 Å². The van der Waals surface area contributed by atoms with Crippen LogP contribution in [-0.2, 0) is 4.79 Å². The van der Waals surface area contributed by atoms with Crippen LogP contribution in [0.2, 0.25) is 0 Å². The molecule has 5 heteroatoms. The Hall–Kier alpha value is -1.75. The van der Waals surface area contributed by atoms with Crippen LogP contribution in [0.4, 0.5) is 5.69 Å². The van der Waals surface area contributed by atoms with E-state index in [2.05, 4.69) is 5.32 Å². The van der Waals surface area contributed by atoms with Crippen molar-refractivity contribution in [3.63, 3.8) is 0 Å². The zero-order valence-corrected chi connectivity index (χ0v) is 11.2. The van der Waals surface area contributed by atoms with Gasteiger partial charge in [0.15, 0.2) is 11.5 Å². The number of nitrogens with zero attached hydrogens (tertiary/aromatic N) is 1. The van der Waals surface area contributed by atoms with Gasteiger partial charge in [-0.25, -0.2) is 0 Å². The molecule has 2 heterocycles.